The Labute approximate surface area is 101 Å². The topological polar surface area (TPSA) is 48.1 Å². The Bertz CT molecular complexity index is 345. The Morgan fingerprint density at radius 1 is 1.44 bits per heavy atom. The van der Waals surface area contributed by atoms with Gasteiger partial charge in [-0.1, -0.05) is 0 Å². The van der Waals surface area contributed by atoms with Crippen molar-refractivity contribution in [2.75, 3.05) is 13.2 Å². The lowest BCUT2D eigenvalue weighted by Crippen LogP contribution is -2.21. The van der Waals surface area contributed by atoms with Crippen molar-refractivity contribution >= 4 is 11.3 Å². The largest absolute Gasteiger partial charge is 0.381 e. The number of ether oxygens (including phenoxy) is 1. The zero-order valence-corrected chi connectivity index (χ0v) is 10.8. The monoisotopic (exact) mass is 240 g/mol. The molecule has 2 rings (SSSR count). The first-order chi connectivity index (χ1) is 7.66. The van der Waals surface area contributed by atoms with Crippen molar-refractivity contribution in [3.05, 3.63) is 15.6 Å². The van der Waals surface area contributed by atoms with Crippen LogP contribution in [0.1, 0.15) is 40.9 Å². The van der Waals surface area contributed by atoms with Gasteiger partial charge in [-0.25, -0.2) is 4.98 Å². The fourth-order valence-electron chi connectivity index (χ4n) is 2.34. The summed E-state index contributed by atoms with van der Waals surface area (Å²) < 4.78 is 5.36. The Balaban J connectivity index is 1.96. The van der Waals surface area contributed by atoms with Crippen molar-refractivity contribution in [3.63, 3.8) is 0 Å². The van der Waals surface area contributed by atoms with E-state index in [0.717, 1.165) is 49.1 Å². The molecule has 1 aromatic heterocycles. The molecular weight excluding hydrogens is 220 g/mol. The highest BCUT2D eigenvalue weighted by molar-refractivity contribution is 7.11. The van der Waals surface area contributed by atoms with Gasteiger partial charge in [-0.05, 0) is 39.0 Å². The number of aromatic nitrogens is 1. The standard InChI is InChI=1S/C12H20N2OS/c1-8-12(16-9(2)14-8)11(13)7-10-3-5-15-6-4-10/h10-11H,3-7,13H2,1-2H3. The van der Waals surface area contributed by atoms with Crippen LogP contribution in [0.25, 0.3) is 0 Å². The van der Waals surface area contributed by atoms with Crippen LogP contribution in [-0.4, -0.2) is 18.2 Å². The molecular formula is C12H20N2OS. The minimum Gasteiger partial charge on any atom is -0.381 e. The number of hydrogen-bond acceptors (Lipinski definition) is 4. The number of aryl methyl sites for hydroxylation is 2. The minimum atomic E-state index is 0.161. The Morgan fingerprint density at radius 3 is 2.69 bits per heavy atom. The normalized spacial score (nSPS) is 19.9. The highest BCUT2D eigenvalue weighted by Crippen LogP contribution is 2.30. The molecule has 0 amide bonds. The molecule has 1 unspecified atom stereocenters. The number of nitrogens with two attached hydrogens (primary N) is 1. The zero-order chi connectivity index (χ0) is 11.5. The maximum Gasteiger partial charge on any atom is 0.0900 e. The second-order valence-electron chi connectivity index (χ2n) is 4.58. The molecule has 1 atom stereocenters. The fraction of sp³-hybridized carbons (Fsp3) is 0.750. The van der Waals surface area contributed by atoms with Crippen molar-refractivity contribution in [2.24, 2.45) is 11.7 Å². The summed E-state index contributed by atoms with van der Waals surface area (Å²) in [5, 5.41) is 1.12. The van der Waals surface area contributed by atoms with E-state index in [4.69, 9.17) is 10.5 Å². The first-order valence-electron chi connectivity index (χ1n) is 5.94. The molecule has 1 aromatic rings. The molecule has 1 aliphatic rings. The minimum absolute atomic E-state index is 0.161. The Kier molecular flexibility index (Phi) is 3.95. The molecule has 1 saturated heterocycles. The van der Waals surface area contributed by atoms with Crippen LogP contribution in [-0.2, 0) is 4.74 Å². The molecule has 2 N–H and O–H groups in total. The van der Waals surface area contributed by atoms with Gasteiger partial charge >= 0.3 is 0 Å². The van der Waals surface area contributed by atoms with E-state index < -0.39 is 0 Å². The molecule has 0 saturated carbocycles. The second kappa shape index (κ2) is 5.25. The van der Waals surface area contributed by atoms with Crippen molar-refractivity contribution in [3.8, 4) is 0 Å². The van der Waals surface area contributed by atoms with E-state index in [1.54, 1.807) is 11.3 Å². The maximum absolute atomic E-state index is 6.27. The van der Waals surface area contributed by atoms with E-state index in [-0.39, 0.29) is 6.04 Å². The highest BCUT2D eigenvalue weighted by Gasteiger charge is 2.20. The number of thiazole rings is 1. The fourth-order valence-corrected chi connectivity index (χ4v) is 3.28. The van der Waals surface area contributed by atoms with Crippen LogP contribution in [0.2, 0.25) is 0 Å². The number of rotatable bonds is 3. The van der Waals surface area contributed by atoms with Gasteiger partial charge in [-0.2, -0.15) is 0 Å². The van der Waals surface area contributed by atoms with Crippen molar-refractivity contribution < 1.29 is 4.74 Å². The summed E-state index contributed by atoms with van der Waals surface area (Å²) in [6.07, 6.45) is 3.39. The third-order valence-electron chi connectivity index (χ3n) is 3.20. The van der Waals surface area contributed by atoms with Gasteiger partial charge in [-0.15, -0.1) is 11.3 Å². The van der Waals surface area contributed by atoms with E-state index in [1.807, 2.05) is 6.92 Å². The van der Waals surface area contributed by atoms with Crippen molar-refractivity contribution in [1.82, 2.24) is 4.98 Å². The molecule has 4 heteroatoms. The summed E-state index contributed by atoms with van der Waals surface area (Å²) >= 11 is 1.74. The van der Waals surface area contributed by atoms with E-state index in [9.17, 15) is 0 Å². The lowest BCUT2D eigenvalue weighted by atomic mass is 9.92. The summed E-state index contributed by atoms with van der Waals surface area (Å²) in [5.74, 6) is 0.727. The lowest BCUT2D eigenvalue weighted by Gasteiger charge is -2.24. The molecule has 3 nitrogen and oxygen atoms in total. The molecule has 0 spiro atoms. The summed E-state index contributed by atoms with van der Waals surface area (Å²) in [4.78, 5) is 5.71. The van der Waals surface area contributed by atoms with E-state index in [2.05, 4.69) is 11.9 Å². The van der Waals surface area contributed by atoms with Crippen molar-refractivity contribution in [2.45, 2.75) is 39.2 Å². The van der Waals surface area contributed by atoms with E-state index in [1.165, 1.54) is 4.88 Å². The Morgan fingerprint density at radius 2 is 2.12 bits per heavy atom. The quantitative estimate of drug-likeness (QED) is 0.883. The number of nitrogens with zero attached hydrogens (tertiary/aromatic N) is 1. The summed E-state index contributed by atoms with van der Waals surface area (Å²) in [6.45, 7) is 5.90. The third kappa shape index (κ3) is 2.81. The lowest BCUT2D eigenvalue weighted by molar-refractivity contribution is 0.0619. The third-order valence-corrected chi connectivity index (χ3v) is 4.41. The van der Waals surface area contributed by atoms with Gasteiger partial charge < -0.3 is 10.5 Å². The predicted octanol–water partition coefficient (Wildman–Crippen LogP) is 2.58. The molecule has 0 aromatic carbocycles. The van der Waals surface area contributed by atoms with Crippen LogP contribution in [0.5, 0.6) is 0 Å². The summed E-state index contributed by atoms with van der Waals surface area (Å²) in [5.41, 5.74) is 7.38. The highest BCUT2D eigenvalue weighted by atomic mass is 32.1. The smallest absolute Gasteiger partial charge is 0.0900 e. The molecule has 0 aliphatic carbocycles. The summed E-state index contributed by atoms with van der Waals surface area (Å²) in [6, 6.07) is 0.161. The molecule has 16 heavy (non-hydrogen) atoms. The molecule has 90 valence electrons. The van der Waals surface area contributed by atoms with Crippen molar-refractivity contribution in [1.29, 1.82) is 0 Å². The predicted molar refractivity (Wildman–Crippen MR) is 66.7 cm³/mol. The van der Waals surface area contributed by atoms with Gasteiger partial charge in [-0.3, -0.25) is 0 Å². The van der Waals surface area contributed by atoms with Crippen LogP contribution in [0.15, 0.2) is 0 Å². The second-order valence-corrected chi connectivity index (χ2v) is 5.82. The average Bonchev–Trinajstić information content (AvgIpc) is 2.59. The maximum atomic E-state index is 6.27. The van der Waals surface area contributed by atoms with Gasteiger partial charge in [0.2, 0.25) is 0 Å². The van der Waals surface area contributed by atoms with Crippen LogP contribution in [0.4, 0.5) is 0 Å². The van der Waals surface area contributed by atoms with Crippen LogP contribution in [0, 0.1) is 19.8 Å². The van der Waals surface area contributed by atoms with Crippen LogP contribution >= 0.6 is 11.3 Å². The van der Waals surface area contributed by atoms with Gasteiger partial charge in [0.15, 0.2) is 0 Å². The van der Waals surface area contributed by atoms with E-state index in [0.29, 0.717) is 0 Å². The molecule has 1 fully saturated rings. The van der Waals surface area contributed by atoms with Crippen LogP contribution in [0.3, 0.4) is 0 Å². The number of hydrogen-bond donors (Lipinski definition) is 1. The first kappa shape index (κ1) is 12.0. The molecule has 1 aliphatic heterocycles. The van der Waals surface area contributed by atoms with Gasteiger partial charge in [0.1, 0.15) is 0 Å². The average molecular weight is 240 g/mol. The Hall–Kier alpha value is -0.450. The SMILES string of the molecule is Cc1nc(C)c(C(N)CC2CCOCC2)s1. The van der Waals surface area contributed by atoms with Crippen LogP contribution < -0.4 is 5.73 Å². The molecule has 2 heterocycles. The van der Waals surface area contributed by atoms with Gasteiger partial charge in [0, 0.05) is 24.1 Å². The molecule has 0 radical (unpaired) electrons. The zero-order valence-electron chi connectivity index (χ0n) is 10.0. The van der Waals surface area contributed by atoms with E-state index >= 15 is 0 Å². The molecule has 0 bridgehead atoms. The summed E-state index contributed by atoms with van der Waals surface area (Å²) in [7, 11) is 0. The van der Waals surface area contributed by atoms with Gasteiger partial charge in [0.25, 0.3) is 0 Å². The first-order valence-corrected chi connectivity index (χ1v) is 6.75. The van der Waals surface area contributed by atoms with Gasteiger partial charge in [0.05, 0.1) is 10.7 Å².